The number of rotatable bonds is 6. The van der Waals surface area contributed by atoms with E-state index < -0.39 is 11.5 Å². The molecule has 0 aliphatic carbocycles. The van der Waals surface area contributed by atoms with Crippen LogP contribution in [0.3, 0.4) is 0 Å². The molecule has 1 saturated heterocycles. The highest BCUT2D eigenvalue weighted by Gasteiger charge is 2.47. The van der Waals surface area contributed by atoms with Gasteiger partial charge < -0.3 is 21.2 Å². The maximum Gasteiger partial charge on any atom is 0.325 e. The third-order valence-electron chi connectivity index (χ3n) is 3.51. The van der Waals surface area contributed by atoms with Gasteiger partial charge in [-0.05, 0) is 31.6 Å². The predicted octanol–water partition coefficient (Wildman–Crippen LogP) is -0.228. The Morgan fingerprint density at radius 2 is 2.38 bits per heavy atom. The van der Waals surface area contributed by atoms with Crippen LogP contribution < -0.4 is 11.1 Å². The Balaban J connectivity index is 2.54. The molecule has 5 nitrogen and oxygen atoms in total. The second-order valence-corrected chi connectivity index (χ2v) is 4.67. The molecule has 2 atom stereocenters. The van der Waals surface area contributed by atoms with Gasteiger partial charge in [-0.2, -0.15) is 0 Å². The molecule has 92 valence electrons. The molecule has 6 heteroatoms. The summed E-state index contributed by atoms with van der Waals surface area (Å²) in [6.07, 6.45) is 3.22. The molecule has 1 heterocycles. The van der Waals surface area contributed by atoms with Crippen LogP contribution in [0.4, 0.5) is 0 Å². The van der Waals surface area contributed by atoms with E-state index in [0.29, 0.717) is 6.54 Å². The van der Waals surface area contributed by atoms with Crippen LogP contribution in [-0.2, 0) is 4.79 Å². The lowest BCUT2D eigenvalue weighted by Crippen LogP contribution is -2.57. The van der Waals surface area contributed by atoms with Crippen molar-refractivity contribution in [3.8, 4) is 0 Å². The SMILES string of the molecule is CB(O)CCCC1CCNC1(CN)C(=O)O. The highest BCUT2D eigenvalue weighted by Crippen LogP contribution is 2.31. The molecule has 0 spiro atoms. The van der Waals surface area contributed by atoms with E-state index in [1.807, 2.05) is 0 Å². The number of hydrogen-bond donors (Lipinski definition) is 4. The van der Waals surface area contributed by atoms with Gasteiger partial charge in [-0.3, -0.25) is 4.79 Å². The second kappa shape index (κ2) is 5.66. The molecule has 0 amide bonds. The van der Waals surface area contributed by atoms with Gasteiger partial charge in [0.15, 0.2) is 0 Å². The van der Waals surface area contributed by atoms with Gasteiger partial charge in [0.1, 0.15) is 5.54 Å². The Morgan fingerprint density at radius 1 is 1.69 bits per heavy atom. The van der Waals surface area contributed by atoms with E-state index >= 15 is 0 Å². The summed E-state index contributed by atoms with van der Waals surface area (Å²) >= 11 is 0. The molecule has 0 aromatic carbocycles. The van der Waals surface area contributed by atoms with Gasteiger partial charge in [-0.25, -0.2) is 0 Å². The quantitative estimate of drug-likeness (QED) is 0.471. The van der Waals surface area contributed by atoms with Crippen LogP contribution in [0.25, 0.3) is 0 Å². The van der Waals surface area contributed by atoms with E-state index in [1.54, 1.807) is 6.82 Å². The molecule has 0 saturated carbocycles. The summed E-state index contributed by atoms with van der Waals surface area (Å²) in [5, 5.41) is 21.4. The molecule has 0 radical (unpaired) electrons. The Morgan fingerprint density at radius 3 is 2.88 bits per heavy atom. The fraction of sp³-hybridized carbons (Fsp3) is 0.900. The van der Waals surface area contributed by atoms with Gasteiger partial charge in [0.05, 0.1) is 0 Å². The third-order valence-corrected chi connectivity index (χ3v) is 3.51. The summed E-state index contributed by atoms with van der Waals surface area (Å²) in [7, 11) is 0. The van der Waals surface area contributed by atoms with Gasteiger partial charge in [-0.1, -0.05) is 13.2 Å². The number of carboxylic acid groups (broad SMARTS) is 1. The molecule has 0 aromatic heterocycles. The van der Waals surface area contributed by atoms with Crippen molar-refractivity contribution in [1.82, 2.24) is 5.32 Å². The average molecular weight is 228 g/mol. The van der Waals surface area contributed by atoms with Gasteiger partial charge in [0.2, 0.25) is 0 Å². The smallest absolute Gasteiger partial charge is 0.325 e. The minimum atomic E-state index is -0.946. The summed E-state index contributed by atoms with van der Waals surface area (Å²) in [5.74, 6) is -0.775. The minimum absolute atomic E-state index is 0.0775. The highest BCUT2D eigenvalue weighted by molar-refractivity contribution is 6.48. The minimum Gasteiger partial charge on any atom is -0.480 e. The average Bonchev–Trinajstić information content (AvgIpc) is 2.61. The van der Waals surface area contributed by atoms with E-state index in [1.165, 1.54) is 0 Å². The maximum absolute atomic E-state index is 11.3. The van der Waals surface area contributed by atoms with Crippen LogP contribution in [0, 0.1) is 5.92 Å². The first-order valence-corrected chi connectivity index (χ1v) is 5.89. The number of nitrogens with one attached hydrogen (secondary N) is 1. The molecule has 1 aliphatic heterocycles. The second-order valence-electron chi connectivity index (χ2n) is 4.67. The van der Waals surface area contributed by atoms with E-state index in [9.17, 15) is 9.90 Å². The third kappa shape index (κ3) is 2.75. The Labute approximate surface area is 96.5 Å². The summed E-state index contributed by atoms with van der Waals surface area (Å²) in [4.78, 5) is 11.3. The zero-order chi connectivity index (χ0) is 12.2. The predicted molar refractivity (Wildman–Crippen MR) is 63.4 cm³/mol. The Kier molecular flexibility index (Phi) is 4.77. The van der Waals surface area contributed by atoms with Gasteiger partial charge in [0, 0.05) is 6.54 Å². The number of nitrogens with two attached hydrogens (primary N) is 1. The van der Waals surface area contributed by atoms with Crippen LogP contribution >= 0.6 is 0 Å². The van der Waals surface area contributed by atoms with Crippen LogP contribution in [0.15, 0.2) is 0 Å². The molecule has 1 rings (SSSR count). The molecule has 0 aromatic rings. The van der Waals surface area contributed by atoms with Crippen molar-refractivity contribution in [3.05, 3.63) is 0 Å². The molecule has 1 fully saturated rings. The van der Waals surface area contributed by atoms with Crippen molar-refractivity contribution in [2.24, 2.45) is 11.7 Å². The highest BCUT2D eigenvalue weighted by atomic mass is 16.4. The lowest BCUT2D eigenvalue weighted by atomic mass is 9.66. The summed E-state index contributed by atoms with van der Waals surface area (Å²) in [6, 6.07) is 0. The van der Waals surface area contributed by atoms with Crippen molar-refractivity contribution in [1.29, 1.82) is 0 Å². The van der Waals surface area contributed by atoms with Gasteiger partial charge in [-0.15, -0.1) is 0 Å². The molecule has 1 aliphatic rings. The topological polar surface area (TPSA) is 95.6 Å². The van der Waals surface area contributed by atoms with Crippen molar-refractivity contribution in [2.75, 3.05) is 13.1 Å². The number of hydrogen-bond acceptors (Lipinski definition) is 4. The van der Waals surface area contributed by atoms with Crippen molar-refractivity contribution >= 4 is 12.9 Å². The van der Waals surface area contributed by atoms with Crippen molar-refractivity contribution < 1.29 is 14.9 Å². The van der Waals surface area contributed by atoms with Gasteiger partial charge in [0.25, 0.3) is 6.92 Å². The largest absolute Gasteiger partial charge is 0.480 e. The van der Waals surface area contributed by atoms with Crippen LogP contribution in [0.5, 0.6) is 0 Å². The Hall–Kier alpha value is -0.585. The summed E-state index contributed by atoms with van der Waals surface area (Å²) < 4.78 is 0. The number of carbonyl (C=O) groups is 1. The maximum atomic E-state index is 11.3. The van der Waals surface area contributed by atoms with E-state index in [0.717, 1.165) is 25.6 Å². The molecule has 5 N–H and O–H groups in total. The zero-order valence-electron chi connectivity index (χ0n) is 9.78. The molecule has 2 unspecified atom stereocenters. The van der Waals surface area contributed by atoms with E-state index in [2.05, 4.69) is 5.32 Å². The van der Waals surface area contributed by atoms with E-state index in [4.69, 9.17) is 10.8 Å². The van der Waals surface area contributed by atoms with Crippen molar-refractivity contribution in [3.63, 3.8) is 0 Å². The van der Waals surface area contributed by atoms with Crippen LogP contribution in [0.2, 0.25) is 13.1 Å². The van der Waals surface area contributed by atoms with Gasteiger partial charge >= 0.3 is 5.97 Å². The zero-order valence-corrected chi connectivity index (χ0v) is 9.78. The Bertz CT molecular complexity index is 250. The first-order valence-electron chi connectivity index (χ1n) is 5.89. The monoisotopic (exact) mass is 228 g/mol. The van der Waals surface area contributed by atoms with Crippen LogP contribution in [0.1, 0.15) is 19.3 Å². The van der Waals surface area contributed by atoms with E-state index in [-0.39, 0.29) is 19.4 Å². The molecular weight excluding hydrogens is 207 g/mol. The standard InChI is InChI=1S/C10H21BN2O3/c1-11(16)5-2-3-8-4-6-13-10(8,7-12)9(14)15/h8,13,16H,2-7,12H2,1H3,(H,14,15). The van der Waals surface area contributed by atoms with Crippen molar-refractivity contribution in [2.45, 2.75) is 37.9 Å². The normalized spacial score (nSPS) is 29.3. The molecule has 0 bridgehead atoms. The first kappa shape index (κ1) is 13.5. The first-order chi connectivity index (χ1) is 7.53. The molecule has 16 heavy (non-hydrogen) atoms. The fourth-order valence-electron chi connectivity index (χ4n) is 2.49. The van der Waals surface area contributed by atoms with Crippen LogP contribution in [-0.4, -0.2) is 41.6 Å². The fourth-order valence-corrected chi connectivity index (χ4v) is 2.49. The summed E-state index contributed by atoms with van der Waals surface area (Å²) in [5.41, 5.74) is 4.65. The number of carboxylic acids is 1. The molecular formula is C10H21BN2O3. The summed E-state index contributed by atoms with van der Waals surface area (Å²) in [6.45, 7) is 2.27. The number of aliphatic carboxylic acids is 1. The lowest BCUT2D eigenvalue weighted by molar-refractivity contribution is -0.145. The lowest BCUT2D eigenvalue weighted by Gasteiger charge is -2.30.